The summed E-state index contributed by atoms with van der Waals surface area (Å²) in [5.41, 5.74) is -0.204. The van der Waals surface area contributed by atoms with E-state index in [-0.39, 0.29) is 35.4 Å². The first-order valence-electron chi connectivity index (χ1n) is 8.46. The third-order valence-electron chi connectivity index (χ3n) is 3.04. The molecule has 6 heteroatoms. The number of carbonyl (C=O) groups excluding carboxylic acids is 1. The fraction of sp³-hybridized carbons (Fsp3) is 0.882. The molecule has 0 aliphatic heterocycles. The fourth-order valence-electron chi connectivity index (χ4n) is 2.07. The van der Waals surface area contributed by atoms with Crippen molar-refractivity contribution in [1.82, 2.24) is 15.5 Å². The number of halogens is 1. The number of nitrogens with one attached hydrogen (secondary N) is 2. The van der Waals surface area contributed by atoms with E-state index >= 15 is 0 Å². The molecule has 0 atom stereocenters. The predicted octanol–water partition coefficient (Wildman–Crippen LogP) is 3.24. The molecule has 0 saturated carbocycles. The van der Waals surface area contributed by atoms with Crippen molar-refractivity contribution in [2.45, 2.75) is 66.3 Å². The normalized spacial score (nSPS) is 11.9. The van der Waals surface area contributed by atoms with Crippen LogP contribution in [0, 0.1) is 5.92 Å². The lowest BCUT2D eigenvalue weighted by atomic mass is 10.1. The molecule has 0 bridgehead atoms. The molecule has 0 aliphatic carbocycles. The molecular formula is C17H37IN4O. The second-order valence-electron chi connectivity index (χ2n) is 7.28. The highest BCUT2D eigenvalue weighted by molar-refractivity contribution is 14.0. The van der Waals surface area contributed by atoms with Crippen molar-refractivity contribution < 1.29 is 4.79 Å². The van der Waals surface area contributed by atoms with E-state index in [1.54, 1.807) is 0 Å². The van der Waals surface area contributed by atoms with Gasteiger partial charge in [-0.05, 0) is 40.0 Å². The Labute approximate surface area is 160 Å². The molecule has 0 aromatic carbocycles. The number of unbranched alkanes of at least 4 members (excludes halogenated alkanes) is 1. The molecule has 0 aliphatic rings. The minimum atomic E-state index is -0.204. The van der Waals surface area contributed by atoms with Crippen LogP contribution in [-0.4, -0.2) is 49.0 Å². The lowest BCUT2D eigenvalue weighted by Gasteiger charge is -2.25. The van der Waals surface area contributed by atoms with Crippen LogP contribution in [-0.2, 0) is 4.79 Å². The number of nitrogens with zero attached hydrogens (tertiary/aromatic N) is 2. The first kappa shape index (κ1) is 24.7. The summed E-state index contributed by atoms with van der Waals surface area (Å²) < 4.78 is 0. The van der Waals surface area contributed by atoms with E-state index < -0.39 is 0 Å². The number of guanidine groups is 1. The Balaban J connectivity index is 0. The summed E-state index contributed by atoms with van der Waals surface area (Å²) in [4.78, 5) is 18.5. The first-order valence-corrected chi connectivity index (χ1v) is 8.46. The molecule has 0 saturated heterocycles. The molecule has 0 fully saturated rings. The molecule has 0 spiro atoms. The van der Waals surface area contributed by atoms with Crippen LogP contribution in [0.5, 0.6) is 0 Å². The van der Waals surface area contributed by atoms with E-state index in [2.05, 4.69) is 29.5 Å². The van der Waals surface area contributed by atoms with E-state index in [4.69, 9.17) is 0 Å². The molecule has 138 valence electrons. The van der Waals surface area contributed by atoms with Crippen molar-refractivity contribution in [2.75, 3.05) is 26.7 Å². The molecule has 0 rings (SSSR count). The molecule has 0 heterocycles. The third-order valence-corrected chi connectivity index (χ3v) is 3.04. The van der Waals surface area contributed by atoms with E-state index in [9.17, 15) is 4.79 Å². The topological polar surface area (TPSA) is 56.7 Å². The highest BCUT2D eigenvalue weighted by Crippen LogP contribution is 2.06. The summed E-state index contributed by atoms with van der Waals surface area (Å²) in [6.07, 6.45) is 3.54. The minimum Gasteiger partial charge on any atom is -0.357 e. The van der Waals surface area contributed by atoms with Gasteiger partial charge in [0.2, 0.25) is 5.91 Å². The Morgan fingerprint density at radius 1 is 1.22 bits per heavy atom. The van der Waals surface area contributed by atoms with Crippen molar-refractivity contribution in [3.8, 4) is 0 Å². The van der Waals surface area contributed by atoms with E-state index in [1.165, 1.54) is 12.8 Å². The van der Waals surface area contributed by atoms with Gasteiger partial charge in [-0.1, -0.05) is 26.7 Å². The summed E-state index contributed by atoms with van der Waals surface area (Å²) >= 11 is 0. The largest absolute Gasteiger partial charge is 0.357 e. The SMILES string of the molecule is CCNC(=NCCCCC(C)C)N(C)CC(=O)NC(C)(C)C.I. The van der Waals surface area contributed by atoms with Crippen LogP contribution >= 0.6 is 24.0 Å². The second kappa shape index (κ2) is 12.8. The van der Waals surface area contributed by atoms with Crippen molar-refractivity contribution in [3.05, 3.63) is 0 Å². The van der Waals surface area contributed by atoms with Gasteiger partial charge >= 0.3 is 0 Å². The molecule has 0 aromatic rings. The zero-order valence-corrected chi connectivity index (χ0v) is 18.4. The fourth-order valence-corrected chi connectivity index (χ4v) is 2.07. The van der Waals surface area contributed by atoms with E-state index in [0.717, 1.165) is 31.4 Å². The Morgan fingerprint density at radius 2 is 1.83 bits per heavy atom. The van der Waals surface area contributed by atoms with Gasteiger partial charge in [-0.2, -0.15) is 0 Å². The summed E-state index contributed by atoms with van der Waals surface area (Å²) in [5.74, 6) is 1.57. The van der Waals surface area contributed by atoms with Crippen molar-refractivity contribution in [1.29, 1.82) is 0 Å². The van der Waals surface area contributed by atoms with Gasteiger partial charge in [-0.25, -0.2) is 0 Å². The average Bonchev–Trinajstić information content (AvgIpc) is 2.34. The second-order valence-corrected chi connectivity index (χ2v) is 7.28. The highest BCUT2D eigenvalue weighted by atomic mass is 127. The smallest absolute Gasteiger partial charge is 0.240 e. The van der Waals surface area contributed by atoms with E-state index in [0.29, 0.717) is 6.54 Å². The standard InChI is InChI=1S/C17H36N4O.HI/c1-8-18-16(19-12-10-9-11-14(2)3)21(7)13-15(22)20-17(4,5)6;/h14H,8-13H2,1-7H3,(H,18,19)(H,20,22);1H. The zero-order valence-electron chi connectivity index (χ0n) is 16.0. The number of hydrogen-bond acceptors (Lipinski definition) is 2. The average molecular weight is 440 g/mol. The van der Waals surface area contributed by atoms with Crippen LogP contribution in [0.4, 0.5) is 0 Å². The van der Waals surface area contributed by atoms with Gasteiger partial charge in [0, 0.05) is 25.7 Å². The van der Waals surface area contributed by atoms with Gasteiger partial charge in [-0.3, -0.25) is 9.79 Å². The molecule has 1 amide bonds. The van der Waals surface area contributed by atoms with Crippen LogP contribution in [0.3, 0.4) is 0 Å². The number of amides is 1. The number of hydrogen-bond donors (Lipinski definition) is 2. The Bertz CT molecular complexity index is 351. The predicted molar refractivity (Wildman–Crippen MR) is 111 cm³/mol. The highest BCUT2D eigenvalue weighted by Gasteiger charge is 2.16. The lowest BCUT2D eigenvalue weighted by molar-refractivity contribution is -0.122. The maximum absolute atomic E-state index is 12.0. The van der Waals surface area contributed by atoms with Gasteiger partial charge in [0.05, 0.1) is 6.54 Å². The number of likely N-dealkylation sites (N-methyl/N-ethyl adjacent to an activating group) is 1. The van der Waals surface area contributed by atoms with Crippen molar-refractivity contribution in [3.63, 3.8) is 0 Å². The summed E-state index contributed by atoms with van der Waals surface area (Å²) in [7, 11) is 1.90. The number of carbonyl (C=O) groups is 1. The quantitative estimate of drug-likeness (QED) is 0.264. The molecule has 0 unspecified atom stereocenters. The van der Waals surface area contributed by atoms with Gasteiger partial charge in [0.25, 0.3) is 0 Å². The van der Waals surface area contributed by atoms with Crippen molar-refractivity contribution >= 4 is 35.8 Å². The Hall–Kier alpha value is -0.530. The van der Waals surface area contributed by atoms with Crippen LogP contribution in [0.15, 0.2) is 4.99 Å². The van der Waals surface area contributed by atoms with E-state index in [1.807, 2.05) is 39.6 Å². The third kappa shape index (κ3) is 14.8. The zero-order chi connectivity index (χ0) is 17.2. The molecular weight excluding hydrogens is 403 g/mol. The maximum atomic E-state index is 12.0. The van der Waals surface area contributed by atoms with Crippen LogP contribution < -0.4 is 10.6 Å². The molecule has 0 aromatic heterocycles. The van der Waals surface area contributed by atoms with Gasteiger partial charge in [0.15, 0.2) is 5.96 Å². The summed E-state index contributed by atoms with van der Waals surface area (Å²) in [6.45, 7) is 14.4. The summed E-state index contributed by atoms with van der Waals surface area (Å²) in [6, 6.07) is 0. The van der Waals surface area contributed by atoms with Crippen LogP contribution in [0.25, 0.3) is 0 Å². The first-order chi connectivity index (χ1) is 10.2. The van der Waals surface area contributed by atoms with Gasteiger partial charge < -0.3 is 15.5 Å². The van der Waals surface area contributed by atoms with Crippen LogP contribution in [0.2, 0.25) is 0 Å². The van der Waals surface area contributed by atoms with Gasteiger partial charge in [0.1, 0.15) is 0 Å². The monoisotopic (exact) mass is 440 g/mol. The molecule has 5 nitrogen and oxygen atoms in total. The van der Waals surface area contributed by atoms with Crippen LogP contribution in [0.1, 0.15) is 60.8 Å². The number of rotatable bonds is 8. The molecule has 23 heavy (non-hydrogen) atoms. The number of aliphatic imine (C=N–C) groups is 1. The summed E-state index contributed by atoms with van der Waals surface area (Å²) in [5, 5.41) is 6.22. The molecule has 0 radical (unpaired) electrons. The lowest BCUT2D eigenvalue weighted by Crippen LogP contribution is -2.48. The van der Waals surface area contributed by atoms with Gasteiger partial charge in [-0.15, -0.1) is 24.0 Å². The maximum Gasteiger partial charge on any atom is 0.240 e. The minimum absolute atomic E-state index is 0. The molecule has 2 N–H and O–H groups in total. The Kier molecular flexibility index (Phi) is 13.8. The Morgan fingerprint density at radius 3 is 2.30 bits per heavy atom. The van der Waals surface area contributed by atoms with Crippen molar-refractivity contribution in [2.24, 2.45) is 10.9 Å².